The lowest BCUT2D eigenvalue weighted by atomic mass is 9.93. The van der Waals surface area contributed by atoms with Crippen molar-refractivity contribution in [3.63, 3.8) is 0 Å². The monoisotopic (exact) mass is 244 g/mol. The Bertz CT molecular complexity index is 266. The molecule has 0 aromatic rings. The van der Waals surface area contributed by atoms with E-state index in [1.165, 1.54) is 0 Å². The maximum absolute atomic E-state index is 11.4. The molecule has 0 spiro atoms. The summed E-state index contributed by atoms with van der Waals surface area (Å²) in [6.07, 6.45) is 4.70. The molecule has 1 unspecified atom stereocenters. The van der Waals surface area contributed by atoms with Crippen LogP contribution >= 0.6 is 15.9 Å². The molecule has 1 atom stereocenters. The first-order valence-corrected chi connectivity index (χ1v) is 5.15. The molecule has 0 radical (unpaired) electrons. The number of hydrogen-bond acceptors (Lipinski definition) is 2. The number of esters is 1. The van der Waals surface area contributed by atoms with Crippen LogP contribution in [0, 0.1) is 5.92 Å². The minimum Gasteiger partial charge on any atom is -0.466 e. The number of allylic oxidation sites excluding steroid dienone is 3. The van der Waals surface area contributed by atoms with Crippen molar-refractivity contribution in [3.8, 4) is 0 Å². The Balaban J connectivity index is 2.65. The van der Waals surface area contributed by atoms with Gasteiger partial charge >= 0.3 is 5.97 Å². The first-order valence-electron chi connectivity index (χ1n) is 4.35. The molecule has 0 aromatic heterocycles. The first kappa shape index (κ1) is 10.5. The molecule has 1 aliphatic carbocycles. The van der Waals surface area contributed by atoms with Crippen molar-refractivity contribution in [2.75, 3.05) is 6.61 Å². The van der Waals surface area contributed by atoms with Gasteiger partial charge in [-0.15, -0.1) is 0 Å². The van der Waals surface area contributed by atoms with Crippen LogP contribution in [0.3, 0.4) is 0 Å². The van der Waals surface area contributed by atoms with Crippen LogP contribution in [0.2, 0.25) is 0 Å². The summed E-state index contributed by atoms with van der Waals surface area (Å²) in [6.45, 7) is 4.23. The molecular weight excluding hydrogens is 232 g/mol. The SMILES string of the molecule is CCOC(=O)C1CC=C(Br)C=C1C. The van der Waals surface area contributed by atoms with Gasteiger partial charge < -0.3 is 4.74 Å². The Morgan fingerprint density at radius 3 is 3.00 bits per heavy atom. The molecule has 1 aliphatic rings. The van der Waals surface area contributed by atoms with Gasteiger partial charge in [-0.1, -0.05) is 27.6 Å². The minimum absolute atomic E-state index is 0.0822. The summed E-state index contributed by atoms with van der Waals surface area (Å²) in [5.74, 6) is -0.200. The fraction of sp³-hybridized carbons (Fsp3) is 0.500. The fourth-order valence-electron chi connectivity index (χ4n) is 1.32. The first-order chi connectivity index (χ1) is 6.15. The maximum Gasteiger partial charge on any atom is 0.313 e. The molecular formula is C10H13BrO2. The van der Waals surface area contributed by atoms with Crippen LogP contribution in [0.25, 0.3) is 0 Å². The summed E-state index contributed by atoms with van der Waals surface area (Å²) < 4.78 is 6.01. The molecule has 0 amide bonds. The van der Waals surface area contributed by atoms with E-state index >= 15 is 0 Å². The average molecular weight is 245 g/mol. The third-order valence-electron chi connectivity index (χ3n) is 2.03. The predicted octanol–water partition coefficient (Wildman–Crippen LogP) is 2.79. The van der Waals surface area contributed by atoms with Crippen LogP contribution in [0.4, 0.5) is 0 Å². The second-order valence-corrected chi connectivity index (χ2v) is 3.93. The van der Waals surface area contributed by atoms with E-state index in [4.69, 9.17) is 4.74 Å². The van der Waals surface area contributed by atoms with E-state index < -0.39 is 0 Å². The zero-order valence-corrected chi connectivity index (χ0v) is 9.43. The highest BCUT2D eigenvalue weighted by molar-refractivity contribution is 9.11. The summed E-state index contributed by atoms with van der Waals surface area (Å²) in [6, 6.07) is 0. The van der Waals surface area contributed by atoms with Gasteiger partial charge in [0.15, 0.2) is 0 Å². The summed E-state index contributed by atoms with van der Waals surface area (Å²) in [4.78, 5) is 11.4. The number of ether oxygens (including phenoxy) is 1. The zero-order valence-electron chi connectivity index (χ0n) is 7.84. The van der Waals surface area contributed by atoms with Crippen molar-refractivity contribution >= 4 is 21.9 Å². The van der Waals surface area contributed by atoms with E-state index in [1.807, 2.05) is 26.0 Å². The van der Waals surface area contributed by atoms with E-state index in [-0.39, 0.29) is 11.9 Å². The van der Waals surface area contributed by atoms with Crippen LogP contribution in [0.5, 0.6) is 0 Å². The van der Waals surface area contributed by atoms with Crippen LogP contribution in [0.1, 0.15) is 20.3 Å². The zero-order chi connectivity index (χ0) is 9.84. The van der Waals surface area contributed by atoms with E-state index in [1.54, 1.807) is 0 Å². The highest BCUT2D eigenvalue weighted by Gasteiger charge is 2.22. The number of rotatable bonds is 2. The van der Waals surface area contributed by atoms with Gasteiger partial charge in [-0.2, -0.15) is 0 Å². The molecule has 0 N–H and O–H groups in total. The highest BCUT2D eigenvalue weighted by atomic mass is 79.9. The van der Waals surface area contributed by atoms with E-state index in [0.29, 0.717) is 6.61 Å². The average Bonchev–Trinajstić information content (AvgIpc) is 2.04. The van der Waals surface area contributed by atoms with Gasteiger partial charge in [0.2, 0.25) is 0 Å². The van der Waals surface area contributed by atoms with Gasteiger partial charge in [-0.3, -0.25) is 4.79 Å². The Morgan fingerprint density at radius 2 is 2.46 bits per heavy atom. The summed E-state index contributed by atoms with van der Waals surface area (Å²) >= 11 is 3.38. The van der Waals surface area contributed by atoms with Gasteiger partial charge in [-0.05, 0) is 26.3 Å². The molecule has 0 aliphatic heterocycles. The van der Waals surface area contributed by atoms with Gasteiger partial charge in [0.05, 0.1) is 12.5 Å². The number of carbonyl (C=O) groups is 1. The Labute approximate surface area is 86.8 Å². The smallest absolute Gasteiger partial charge is 0.313 e. The van der Waals surface area contributed by atoms with Crippen molar-refractivity contribution in [2.45, 2.75) is 20.3 Å². The predicted molar refractivity (Wildman–Crippen MR) is 55.5 cm³/mol. The van der Waals surface area contributed by atoms with Crippen LogP contribution in [-0.2, 0) is 9.53 Å². The van der Waals surface area contributed by atoms with E-state index in [9.17, 15) is 4.79 Å². The van der Waals surface area contributed by atoms with Crippen molar-refractivity contribution in [1.82, 2.24) is 0 Å². The highest BCUT2D eigenvalue weighted by Crippen LogP contribution is 2.27. The maximum atomic E-state index is 11.4. The second kappa shape index (κ2) is 4.61. The molecule has 1 rings (SSSR count). The molecule has 0 saturated heterocycles. The lowest BCUT2D eigenvalue weighted by molar-refractivity contribution is -0.146. The van der Waals surface area contributed by atoms with E-state index in [0.717, 1.165) is 16.5 Å². The van der Waals surface area contributed by atoms with Crippen molar-refractivity contribution in [3.05, 3.63) is 22.2 Å². The summed E-state index contributed by atoms with van der Waals surface area (Å²) in [5, 5.41) is 0. The normalized spacial score (nSPS) is 21.9. The van der Waals surface area contributed by atoms with Gasteiger partial charge in [0.1, 0.15) is 0 Å². The molecule has 0 aromatic carbocycles. The van der Waals surface area contributed by atoms with Gasteiger partial charge in [0, 0.05) is 4.48 Å². The number of halogens is 1. The Kier molecular flexibility index (Phi) is 3.72. The lowest BCUT2D eigenvalue weighted by Crippen LogP contribution is -2.19. The Hall–Kier alpha value is -0.570. The molecule has 3 heteroatoms. The second-order valence-electron chi connectivity index (χ2n) is 3.02. The number of hydrogen-bond donors (Lipinski definition) is 0. The van der Waals surface area contributed by atoms with Crippen molar-refractivity contribution in [2.24, 2.45) is 5.92 Å². The molecule has 72 valence electrons. The molecule has 0 fully saturated rings. The van der Waals surface area contributed by atoms with Gasteiger partial charge in [-0.25, -0.2) is 0 Å². The standard InChI is InChI=1S/C10H13BrO2/c1-3-13-10(12)9-5-4-8(11)6-7(9)2/h4,6,9H,3,5H2,1-2H3. The third-order valence-corrected chi connectivity index (χ3v) is 2.59. The summed E-state index contributed by atoms with van der Waals surface area (Å²) in [7, 11) is 0. The number of carbonyl (C=O) groups excluding carboxylic acids is 1. The molecule has 0 saturated carbocycles. The van der Waals surface area contributed by atoms with Crippen molar-refractivity contribution in [1.29, 1.82) is 0 Å². The van der Waals surface area contributed by atoms with Crippen molar-refractivity contribution < 1.29 is 9.53 Å². The summed E-state index contributed by atoms with van der Waals surface area (Å²) in [5.41, 5.74) is 1.06. The third kappa shape index (κ3) is 2.69. The van der Waals surface area contributed by atoms with Crippen LogP contribution in [-0.4, -0.2) is 12.6 Å². The quantitative estimate of drug-likeness (QED) is 0.699. The molecule has 0 heterocycles. The molecule has 2 nitrogen and oxygen atoms in total. The molecule has 0 bridgehead atoms. The molecule has 13 heavy (non-hydrogen) atoms. The Morgan fingerprint density at radius 1 is 1.77 bits per heavy atom. The van der Waals surface area contributed by atoms with E-state index in [2.05, 4.69) is 15.9 Å². The van der Waals surface area contributed by atoms with Crippen LogP contribution < -0.4 is 0 Å². The fourth-order valence-corrected chi connectivity index (χ4v) is 1.87. The largest absolute Gasteiger partial charge is 0.466 e. The lowest BCUT2D eigenvalue weighted by Gasteiger charge is -2.17. The minimum atomic E-state index is -0.118. The topological polar surface area (TPSA) is 26.3 Å². The van der Waals surface area contributed by atoms with Crippen LogP contribution in [0.15, 0.2) is 22.2 Å². The van der Waals surface area contributed by atoms with Gasteiger partial charge in [0.25, 0.3) is 0 Å².